The number of aliphatic hydroxyl groups excluding tert-OH is 1. The number of amides is 1. The molecule has 0 radical (unpaired) electrons. The lowest BCUT2D eigenvalue weighted by atomic mass is 10.3. The minimum Gasteiger partial charge on any atom is -0.491 e. The van der Waals surface area contributed by atoms with E-state index in [1.54, 1.807) is 5.38 Å². The van der Waals surface area contributed by atoms with Gasteiger partial charge in [-0.05, 0) is 31.2 Å². The normalized spacial score (nSPS) is 12.0. The molecule has 0 bridgehead atoms. The molecule has 1 atom stereocenters. The van der Waals surface area contributed by atoms with E-state index in [9.17, 15) is 14.3 Å². The molecule has 1 unspecified atom stereocenters. The smallest absolute Gasteiger partial charge is 0.270 e. The molecule has 0 aliphatic carbocycles. The van der Waals surface area contributed by atoms with Gasteiger partial charge in [-0.25, -0.2) is 9.37 Å². The molecule has 7 heteroatoms. The summed E-state index contributed by atoms with van der Waals surface area (Å²) in [6.07, 6.45) is -0.862. The van der Waals surface area contributed by atoms with Crippen molar-refractivity contribution in [2.75, 3.05) is 13.2 Å². The number of carbonyl (C=O) groups excluding carboxylic acids is 1. The first-order valence-corrected chi connectivity index (χ1v) is 7.19. The van der Waals surface area contributed by atoms with Crippen LogP contribution in [0, 0.1) is 12.7 Å². The molecule has 2 rings (SSSR count). The van der Waals surface area contributed by atoms with Gasteiger partial charge in [-0.1, -0.05) is 0 Å². The second-order valence-corrected chi connectivity index (χ2v) is 5.44. The summed E-state index contributed by atoms with van der Waals surface area (Å²) in [5, 5.41) is 14.8. The van der Waals surface area contributed by atoms with Crippen molar-refractivity contribution in [3.8, 4) is 5.75 Å². The standard InChI is InChI=1S/C14H15FN2O3S/c1-9-17-13(8-21-9)14(19)16-6-11(18)7-20-12-4-2-10(15)3-5-12/h2-5,8,11,18H,6-7H2,1H3,(H,16,19). The van der Waals surface area contributed by atoms with Gasteiger partial charge in [0.05, 0.1) is 5.01 Å². The van der Waals surface area contributed by atoms with Crippen molar-refractivity contribution in [3.05, 3.63) is 46.2 Å². The van der Waals surface area contributed by atoms with E-state index in [1.807, 2.05) is 6.92 Å². The van der Waals surface area contributed by atoms with Gasteiger partial charge in [-0.15, -0.1) is 11.3 Å². The zero-order valence-electron chi connectivity index (χ0n) is 11.4. The molecule has 1 aromatic carbocycles. The van der Waals surface area contributed by atoms with E-state index in [1.165, 1.54) is 35.6 Å². The molecule has 112 valence electrons. The first-order valence-electron chi connectivity index (χ1n) is 6.31. The Morgan fingerprint density at radius 1 is 1.48 bits per heavy atom. The molecule has 1 aromatic heterocycles. The van der Waals surface area contributed by atoms with Gasteiger partial charge in [0, 0.05) is 11.9 Å². The maximum atomic E-state index is 12.7. The average Bonchev–Trinajstić information content (AvgIpc) is 2.91. The summed E-state index contributed by atoms with van der Waals surface area (Å²) in [6.45, 7) is 1.87. The van der Waals surface area contributed by atoms with Crippen molar-refractivity contribution < 1.29 is 19.0 Å². The van der Waals surface area contributed by atoms with Crippen LogP contribution in [0.25, 0.3) is 0 Å². The molecule has 21 heavy (non-hydrogen) atoms. The van der Waals surface area contributed by atoms with E-state index in [2.05, 4.69) is 10.3 Å². The number of rotatable bonds is 6. The minimum atomic E-state index is -0.862. The van der Waals surface area contributed by atoms with E-state index < -0.39 is 6.10 Å². The Hall–Kier alpha value is -1.99. The number of carbonyl (C=O) groups is 1. The highest BCUT2D eigenvalue weighted by molar-refractivity contribution is 7.09. The maximum absolute atomic E-state index is 12.7. The van der Waals surface area contributed by atoms with Crippen LogP contribution in [-0.4, -0.2) is 35.3 Å². The highest BCUT2D eigenvalue weighted by atomic mass is 32.1. The SMILES string of the molecule is Cc1nc(C(=O)NCC(O)COc2ccc(F)cc2)cs1. The molecule has 0 saturated carbocycles. The van der Waals surface area contributed by atoms with Crippen LogP contribution in [0.1, 0.15) is 15.5 Å². The van der Waals surface area contributed by atoms with Crippen LogP contribution in [0.3, 0.4) is 0 Å². The summed E-state index contributed by atoms with van der Waals surface area (Å²) in [6, 6.07) is 5.49. The van der Waals surface area contributed by atoms with E-state index >= 15 is 0 Å². The third-order valence-electron chi connectivity index (χ3n) is 2.61. The van der Waals surface area contributed by atoms with Crippen LogP contribution in [0.15, 0.2) is 29.6 Å². The number of nitrogens with zero attached hydrogens (tertiary/aromatic N) is 1. The summed E-state index contributed by atoms with van der Waals surface area (Å²) in [5.41, 5.74) is 0.337. The molecule has 0 spiro atoms. The molecule has 5 nitrogen and oxygen atoms in total. The topological polar surface area (TPSA) is 71.5 Å². The van der Waals surface area contributed by atoms with Gasteiger partial charge < -0.3 is 15.2 Å². The summed E-state index contributed by atoms with van der Waals surface area (Å²) >= 11 is 1.39. The molecule has 2 N–H and O–H groups in total. The Morgan fingerprint density at radius 3 is 2.81 bits per heavy atom. The van der Waals surface area contributed by atoms with Gasteiger partial charge in [0.1, 0.15) is 30.0 Å². The summed E-state index contributed by atoms with van der Waals surface area (Å²) in [5.74, 6) is -0.231. The Labute approximate surface area is 125 Å². The number of nitrogens with one attached hydrogen (secondary N) is 1. The number of benzene rings is 1. The fraction of sp³-hybridized carbons (Fsp3) is 0.286. The van der Waals surface area contributed by atoms with Crippen molar-refractivity contribution >= 4 is 17.2 Å². The number of hydrogen-bond donors (Lipinski definition) is 2. The molecule has 1 amide bonds. The molecule has 0 saturated heterocycles. The highest BCUT2D eigenvalue weighted by Gasteiger charge is 2.12. The van der Waals surface area contributed by atoms with E-state index in [4.69, 9.17) is 4.74 Å². The van der Waals surface area contributed by atoms with Crippen molar-refractivity contribution in [2.24, 2.45) is 0 Å². The fourth-order valence-electron chi connectivity index (χ4n) is 1.55. The van der Waals surface area contributed by atoms with Crippen LogP contribution < -0.4 is 10.1 Å². The molecular weight excluding hydrogens is 295 g/mol. The zero-order chi connectivity index (χ0) is 15.2. The van der Waals surface area contributed by atoms with Crippen LogP contribution >= 0.6 is 11.3 Å². The molecule has 2 aromatic rings. The summed E-state index contributed by atoms with van der Waals surface area (Å²) in [7, 11) is 0. The largest absolute Gasteiger partial charge is 0.491 e. The second kappa shape index (κ2) is 7.14. The summed E-state index contributed by atoms with van der Waals surface area (Å²) in [4.78, 5) is 15.8. The number of aryl methyl sites for hydroxylation is 1. The first kappa shape index (κ1) is 15.4. The Morgan fingerprint density at radius 2 is 2.19 bits per heavy atom. The van der Waals surface area contributed by atoms with Crippen LogP contribution in [0.5, 0.6) is 5.75 Å². The lowest BCUT2D eigenvalue weighted by Crippen LogP contribution is -2.35. The number of hydrogen-bond acceptors (Lipinski definition) is 5. The molecule has 1 heterocycles. The minimum absolute atomic E-state index is 0.00199. The lowest BCUT2D eigenvalue weighted by molar-refractivity contribution is 0.0840. The number of ether oxygens (including phenoxy) is 1. The summed E-state index contributed by atoms with van der Waals surface area (Å²) < 4.78 is 18.0. The van der Waals surface area contributed by atoms with Gasteiger partial charge in [0.15, 0.2) is 0 Å². The predicted molar refractivity (Wildman–Crippen MR) is 77.1 cm³/mol. The molecule has 0 aliphatic rings. The second-order valence-electron chi connectivity index (χ2n) is 4.38. The van der Waals surface area contributed by atoms with Crippen LogP contribution in [0.2, 0.25) is 0 Å². The van der Waals surface area contributed by atoms with Gasteiger partial charge in [-0.2, -0.15) is 0 Å². The van der Waals surface area contributed by atoms with E-state index in [0.717, 1.165) is 5.01 Å². The van der Waals surface area contributed by atoms with Gasteiger partial charge in [-0.3, -0.25) is 4.79 Å². The Balaban J connectivity index is 1.73. The number of thiazole rings is 1. The monoisotopic (exact) mass is 310 g/mol. The van der Waals surface area contributed by atoms with Crippen molar-refractivity contribution in [1.82, 2.24) is 10.3 Å². The zero-order valence-corrected chi connectivity index (χ0v) is 12.2. The van der Waals surface area contributed by atoms with Gasteiger partial charge >= 0.3 is 0 Å². The third-order valence-corrected chi connectivity index (χ3v) is 3.38. The van der Waals surface area contributed by atoms with Gasteiger partial charge in [0.25, 0.3) is 5.91 Å². The van der Waals surface area contributed by atoms with Crippen LogP contribution in [0.4, 0.5) is 4.39 Å². The van der Waals surface area contributed by atoms with Crippen molar-refractivity contribution in [2.45, 2.75) is 13.0 Å². The lowest BCUT2D eigenvalue weighted by Gasteiger charge is -2.12. The van der Waals surface area contributed by atoms with Crippen LogP contribution in [-0.2, 0) is 0 Å². The fourth-order valence-corrected chi connectivity index (χ4v) is 2.14. The average molecular weight is 310 g/mol. The molecule has 0 fully saturated rings. The first-order chi connectivity index (χ1) is 10.0. The van der Waals surface area contributed by atoms with E-state index in [-0.39, 0.29) is 24.9 Å². The quantitative estimate of drug-likeness (QED) is 0.853. The number of halogens is 1. The van der Waals surface area contributed by atoms with E-state index in [0.29, 0.717) is 11.4 Å². The highest BCUT2D eigenvalue weighted by Crippen LogP contribution is 2.11. The maximum Gasteiger partial charge on any atom is 0.270 e. The Bertz CT molecular complexity index is 601. The number of aliphatic hydroxyl groups is 1. The molecular formula is C14H15FN2O3S. The van der Waals surface area contributed by atoms with Crippen molar-refractivity contribution in [3.63, 3.8) is 0 Å². The number of aromatic nitrogens is 1. The van der Waals surface area contributed by atoms with Crippen molar-refractivity contribution in [1.29, 1.82) is 0 Å². The van der Waals surface area contributed by atoms with Gasteiger partial charge in [0.2, 0.25) is 0 Å². The third kappa shape index (κ3) is 4.80. The predicted octanol–water partition coefficient (Wildman–Crippen LogP) is 1.76. The Kier molecular flexibility index (Phi) is 5.24. The molecule has 0 aliphatic heterocycles.